The molecule has 1 unspecified atom stereocenters. The number of anilines is 1. The van der Waals surface area contributed by atoms with E-state index in [0.29, 0.717) is 11.2 Å². The lowest BCUT2D eigenvalue weighted by atomic mass is 10.1. The van der Waals surface area contributed by atoms with Crippen LogP contribution in [0, 0.1) is 0 Å². The third kappa shape index (κ3) is 3.09. The Balaban J connectivity index is 3.07. The monoisotopic (exact) mass is 240 g/mol. The van der Waals surface area contributed by atoms with Crippen LogP contribution in [0.3, 0.4) is 0 Å². The topological polar surface area (TPSA) is 63.8 Å². The molecule has 5 heteroatoms. The summed E-state index contributed by atoms with van der Waals surface area (Å²) in [6.45, 7) is 8.63. The molecule has 1 atom stereocenters. The molecule has 0 radical (unpaired) electrons. The highest BCUT2D eigenvalue weighted by Gasteiger charge is 2.16. The molecule has 0 fully saturated rings. The van der Waals surface area contributed by atoms with Crippen LogP contribution in [0.2, 0.25) is 0 Å². The van der Waals surface area contributed by atoms with E-state index in [4.69, 9.17) is 5.84 Å². The SMILES string of the molecule is CCC(C)Sc1ncnc(NN)c1C(C)C. The van der Waals surface area contributed by atoms with Gasteiger partial charge in [0.25, 0.3) is 0 Å². The minimum absolute atomic E-state index is 0.360. The summed E-state index contributed by atoms with van der Waals surface area (Å²) in [4.78, 5) is 8.50. The summed E-state index contributed by atoms with van der Waals surface area (Å²) in [7, 11) is 0. The van der Waals surface area contributed by atoms with E-state index in [2.05, 4.69) is 43.1 Å². The van der Waals surface area contributed by atoms with E-state index in [1.807, 2.05) is 0 Å². The molecular formula is C11H20N4S. The fraction of sp³-hybridized carbons (Fsp3) is 0.636. The van der Waals surface area contributed by atoms with Crippen LogP contribution in [0.1, 0.15) is 45.6 Å². The van der Waals surface area contributed by atoms with E-state index in [-0.39, 0.29) is 0 Å². The van der Waals surface area contributed by atoms with Gasteiger partial charge in [0.15, 0.2) is 0 Å². The van der Waals surface area contributed by atoms with E-state index in [1.54, 1.807) is 18.1 Å². The van der Waals surface area contributed by atoms with E-state index in [0.717, 1.165) is 22.8 Å². The second-order valence-electron chi connectivity index (χ2n) is 4.08. The molecule has 0 aliphatic carbocycles. The molecule has 0 amide bonds. The second-order valence-corrected chi connectivity index (χ2v) is 5.50. The van der Waals surface area contributed by atoms with Crippen molar-refractivity contribution in [2.75, 3.05) is 5.43 Å². The number of hydrazine groups is 1. The molecule has 0 aromatic carbocycles. The number of aromatic nitrogens is 2. The van der Waals surface area contributed by atoms with E-state index < -0.39 is 0 Å². The summed E-state index contributed by atoms with van der Waals surface area (Å²) in [6.07, 6.45) is 2.68. The molecule has 3 N–H and O–H groups in total. The predicted octanol–water partition coefficient (Wildman–Crippen LogP) is 2.78. The summed E-state index contributed by atoms with van der Waals surface area (Å²) in [5, 5.41) is 1.59. The zero-order chi connectivity index (χ0) is 12.1. The number of nitrogens with zero attached hydrogens (tertiary/aromatic N) is 2. The van der Waals surface area contributed by atoms with Crippen molar-refractivity contribution in [2.45, 2.75) is 50.3 Å². The van der Waals surface area contributed by atoms with E-state index in [9.17, 15) is 0 Å². The molecule has 16 heavy (non-hydrogen) atoms. The molecule has 0 aliphatic rings. The Morgan fingerprint density at radius 3 is 2.56 bits per heavy atom. The Hall–Kier alpha value is -0.810. The standard InChI is InChI=1S/C11H20N4S/c1-5-8(4)16-11-9(7(2)3)10(15-12)13-6-14-11/h6-8H,5,12H2,1-4H3,(H,13,14,15). The minimum atomic E-state index is 0.360. The average Bonchev–Trinajstić information content (AvgIpc) is 2.28. The maximum atomic E-state index is 5.47. The number of hydrogen-bond donors (Lipinski definition) is 2. The van der Waals surface area contributed by atoms with Crippen molar-refractivity contribution in [3.8, 4) is 0 Å². The number of rotatable bonds is 5. The zero-order valence-electron chi connectivity index (χ0n) is 10.3. The number of thioether (sulfide) groups is 1. The van der Waals surface area contributed by atoms with Gasteiger partial charge in [0.1, 0.15) is 17.2 Å². The molecule has 1 heterocycles. The lowest BCUT2D eigenvalue weighted by Crippen LogP contribution is -2.13. The molecule has 1 rings (SSSR count). The lowest BCUT2D eigenvalue weighted by Gasteiger charge is -2.16. The zero-order valence-corrected chi connectivity index (χ0v) is 11.1. The largest absolute Gasteiger partial charge is 0.308 e. The normalized spacial score (nSPS) is 12.9. The van der Waals surface area contributed by atoms with Gasteiger partial charge in [0, 0.05) is 10.8 Å². The molecule has 0 spiro atoms. The van der Waals surface area contributed by atoms with Crippen LogP contribution in [-0.2, 0) is 0 Å². The lowest BCUT2D eigenvalue weighted by molar-refractivity contribution is 0.799. The first-order valence-electron chi connectivity index (χ1n) is 5.58. The first-order chi connectivity index (χ1) is 7.60. The Bertz CT molecular complexity index is 341. The smallest absolute Gasteiger partial charge is 0.147 e. The van der Waals surface area contributed by atoms with Gasteiger partial charge in [-0.2, -0.15) is 0 Å². The van der Waals surface area contributed by atoms with Crippen molar-refractivity contribution in [1.29, 1.82) is 0 Å². The van der Waals surface area contributed by atoms with Crippen molar-refractivity contribution in [1.82, 2.24) is 9.97 Å². The van der Waals surface area contributed by atoms with Gasteiger partial charge in [-0.15, -0.1) is 11.8 Å². The average molecular weight is 240 g/mol. The summed E-state index contributed by atoms with van der Waals surface area (Å²) in [6, 6.07) is 0. The van der Waals surface area contributed by atoms with Crippen LogP contribution in [0.15, 0.2) is 11.4 Å². The van der Waals surface area contributed by atoms with Crippen molar-refractivity contribution in [3.63, 3.8) is 0 Å². The first kappa shape index (κ1) is 13.3. The van der Waals surface area contributed by atoms with Crippen LogP contribution in [-0.4, -0.2) is 15.2 Å². The molecule has 0 saturated carbocycles. The third-order valence-corrected chi connectivity index (χ3v) is 3.73. The molecule has 90 valence electrons. The molecule has 1 aromatic heterocycles. The fourth-order valence-electron chi connectivity index (χ4n) is 1.38. The van der Waals surface area contributed by atoms with Gasteiger partial charge in [-0.25, -0.2) is 15.8 Å². The van der Waals surface area contributed by atoms with E-state index in [1.165, 1.54) is 0 Å². The first-order valence-corrected chi connectivity index (χ1v) is 6.46. The molecule has 4 nitrogen and oxygen atoms in total. The summed E-state index contributed by atoms with van der Waals surface area (Å²) >= 11 is 1.78. The van der Waals surface area contributed by atoms with Gasteiger partial charge < -0.3 is 5.43 Å². The van der Waals surface area contributed by atoms with Crippen LogP contribution < -0.4 is 11.3 Å². The summed E-state index contributed by atoms with van der Waals surface area (Å²) < 4.78 is 0. The number of nitrogens with one attached hydrogen (secondary N) is 1. The number of hydrogen-bond acceptors (Lipinski definition) is 5. The van der Waals surface area contributed by atoms with Crippen molar-refractivity contribution < 1.29 is 0 Å². The van der Waals surface area contributed by atoms with E-state index >= 15 is 0 Å². The predicted molar refractivity (Wildman–Crippen MR) is 69.5 cm³/mol. The maximum absolute atomic E-state index is 5.47. The summed E-state index contributed by atoms with van der Waals surface area (Å²) in [5.74, 6) is 6.56. The van der Waals surface area contributed by atoms with Gasteiger partial charge in [-0.05, 0) is 12.3 Å². The van der Waals surface area contributed by atoms with Crippen LogP contribution >= 0.6 is 11.8 Å². The second kappa shape index (κ2) is 6.06. The van der Waals surface area contributed by atoms with Gasteiger partial charge >= 0.3 is 0 Å². The third-order valence-electron chi connectivity index (χ3n) is 2.45. The summed E-state index contributed by atoms with van der Waals surface area (Å²) in [5.41, 5.74) is 3.75. The molecule has 0 bridgehead atoms. The minimum Gasteiger partial charge on any atom is -0.308 e. The molecular weight excluding hydrogens is 220 g/mol. The molecule has 1 aromatic rings. The van der Waals surface area contributed by atoms with Gasteiger partial charge in [0.05, 0.1) is 0 Å². The Kier molecular flexibility index (Phi) is 5.02. The Morgan fingerprint density at radius 1 is 1.38 bits per heavy atom. The highest BCUT2D eigenvalue weighted by Crippen LogP contribution is 2.33. The van der Waals surface area contributed by atoms with Gasteiger partial charge in [-0.1, -0.05) is 27.7 Å². The van der Waals surface area contributed by atoms with Gasteiger partial charge in [0.2, 0.25) is 0 Å². The highest BCUT2D eigenvalue weighted by atomic mass is 32.2. The fourth-order valence-corrected chi connectivity index (χ4v) is 2.50. The Morgan fingerprint density at radius 2 is 2.06 bits per heavy atom. The van der Waals surface area contributed by atoms with Crippen LogP contribution in [0.4, 0.5) is 5.82 Å². The van der Waals surface area contributed by atoms with Gasteiger partial charge in [-0.3, -0.25) is 0 Å². The number of nitrogens with two attached hydrogens (primary N) is 1. The quantitative estimate of drug-likeness (QED) is 0.358. The van der Waals surface area contributed by atoms with Crippen molar-refractivity contribution in [2.24, 2.45) is 5.84 Å². The van der Waals surface area contributed by atoms with Crippen molar-refractivity contribution >= 4 is 17.6 Å². The molecule has 0 saturated heterocycles. The van der Waals surface area contributed by atoms with Crippen LogP contribution in [0.25, 0.3) is 0 Å². The van der Waals surface area contributed by atoms with Crippen molar-refractivity contribution in [3.05, 3.63) is 11.9 Å². The maximum Gasteiger partial charge on any atom is 0.147 e. The molecule has 0 aliphatic heterocycles. The van der Waals surface area contributed by atoms with Crippen LogP contribution in [0.5, 0.6) is 0 Å². The number of nitrogen functional groups attached to an aromatic ring is 1. The Labute approximate surface area is 101 Å². The highest BCUT2D eigenvalue weighted by molar-refractivity contribution is 7.99.